The van der Waals surface area contributed by atoms with Crippen LogP contribution in [-0.4, -0.2) is 38.2 Å². The van der Waals surface area contributed by atoms with E-state index >= 15 is 0 Å². The van der Waals surface area contributed by atoms with E-state index in [1.165, 1.54) is 0 Å². The fourth-order valence-electron chi connectivity index (χ4n) is 2.43. The number of Topliss-reactive ketones (excluding diaryl/α,β-unsaturated/α-hetero) is 1. The highest BCUT2D eigenvalue weighted by atomic mass is 16.6. The first-order valence-electron chi connectivity index (χ1n) is 8.01. The average molecular weight is 342 g/mol. The second-order valence-corrected chi connectivity index (χ2v) is 5.29. The summed E-state index contributed by atoms with van der Waals surface area (Å²) in [6.07, 6.45) is 0. The molecule has 1 aliphatic heterocycles. The third-order valence-corrected chi connectivity index (χ3v) is 3.61. The zero-order valence-corrected chi connectivity index (χ0v) is 13.8. The maximum atomic E-state index is 12.3. The summed E-state index contributed by atoms with van der Waals surface area (Å²) in [5, 5.41) is 0. The van der Waals surface area contributed by atoms with Crippen LogP contribution in [0.15, 0.2) is 42.5 Å². The van der Waals surface area contributed by atoms with Gasteiger partial charge < -0.3 is 18.9 Å². The zero-order chi connectivity index (χ0) is 17.6. The summed E-state index contributed by atoms with van der Waals surface area (Å²) in [6.45, 7) is 2.82. The molecule has 1 aliphatic rings. The normalized spacial score (nSPS) is 12.4. The molecule has 0 bridgehead atoms. The molecule has 0 amide bonds. The molecular weight excluding hydrogens is 324 g/mol. The standard InChI is InChI=1S/C19H18O6/c1-2-22-16-6-4-3-5-14(16)19(21)25-12-15(20)13-7-8-17-18(11-13)24-10-9-23-17/h3-8,11H,2,9-10,12H2,1H3. The second kappa shape index (κ2) is 7.70. The predicted molar refractivity (Wildman–Crippen MR) is 89.7 cm³/mol. The van der Waals surface area contributed by atoms with Crippen LogP contribution in [0.5, 0.6) is 17.2 Å². The maximum absolute atomic E-state index is 12.3. The molecule has 0 N–H and O–H groups in total. The minimum atomic E-state index is -0.602. The van der Waals surface area contributed by atoms with E-state index in [4.69, 9.17) is 18.9 Å². The van der Waals surface area contributed by atoms with Gasteiger partial charge in [0.1, 0.15) is 24.5 Å². The Bertz CT molecular complexity index is 783. The molecular formula is C19H18O6. The minimum Gasteiger partial charge on any atom is -0.493 e. The van der Waals surface area contributed by atoms with Crippen LogP contribution in [0.4, 0.5) is 0 Å². The molecule has 0 radical (unpaired) electrons. The van der Waals surface area contributed by atoms with Crippen LogP contribution < -0.4 is 14.2 Å². The van der Waals surface area contributed by atoms with Gasteiger partial charge in [0.15, 0.2) is 23.9 Å². The minimum absolute atomic E-state index is 0.291. The van der Waals surface area contributed by atoms with E-state index in [2.05, 4.69) is 0 Å². The van der Waals surface area contributed by atoms with Crippen LogP contribution in [0, 0.1) is 0 Å². The molecule has 1 heterocycles. The van der Waals surface area contributed by atoms with Crippen LogP contribution >= 0.6 is 0 Å². The summed E-state index contributed by atoms with van der Waals surface area (Å²) >= 11 is 0. The number of para-hydroxylation sites is 1. The number of hydrogen-bond acceptors (Lipinski definition) is 6. The Balaban J connectivity index is 1.65. The van der Waals surface area contributed by atoms with Crippen molar-refractivity contribution in [1.29, 1.82) is 0 Å². The maximum Gasteiger partial charge on any atom is 0.342 e. The van der Waals surface area contributed by atoms with Gasteiger partial charge in [-0.1, -0.05) is 12.1 Å². The zero-order valence-electron chi connectivity index (χ0n) is 13.8. The number of hydrogen-bond donors (Lipinski definition) is 0. The lowest BCUT2D eigenvalue weighted by molar-refractivity contribution is 0.0470. The number of esters is 1. The highest BCUT2D eigenvalue weighted by molar-refractivity contribution is 6.00. The van der Waals surface area contributed by atoms with Crippen molar-refractivity contribution in [3.63, 3.8) is 0 Å². The fraction of sp³-hybridized carbons (Fsp3) is 0.263. The Morgan fingerprint density at radius 2 is 1.80 bits per heavy atom. The fourth-order valence-corrected chi connectivity index (χ4v) is 2.43. The first-order chi connectivity index (χ1) is 12.2. The Hall–Kier alpha value is -3.02. The third kappa shape index (κ3) is 3.91. The molecule has 130 valence electrons. The highest BCUT2D eigenvalue weighted by Crippen LogP contribution is 2.30. The van der Waals surface area contributed by atoms with E-state index in [0.717, 1.165) is 0 Å². The summed E-state index contributed by atoms with van der Waals surface area (Å²) < 4.78 is 21.4. The number of ether oxygens (including phenoxy) is 4. The Labute approximate surface area is 145 Å². The van der Waals surface area contributed by atoms with Crippen molar-refractivity contribution in [2.75, 3.05) is 26.4 Å². The van der Waals surface area contributed by atoms with Crippen LogP contribution in [0.2, 0.25) is 0 Å². The summed E-state index contributed by atoms with van der Waals surface area (Å²) in [4.78, 5) is 24.5. The van der Waals surface area contributed by atoms with E-state index in [9.17, 15) is 9.59 Å². The van der Waals surface area contributed by atoms with Crippen molar-refractivity contribution in [2.45, 2.75) is 6.92 Å². The van der Waals surface area contributed by atoms with Gasteiger partial charge in [0, 0.05) is 5.56 Å². The van der Waals surface area contributed by atoms with Crippen molar-refractivity contribution < 1.29 is 28.5 Å². The molecule has 6 nitrogen and oxygen atoms in total. The number of ketones is 1. The first kappa shape index (κ1) is 16.8. The smallest absolute Gasteiger partial charge is 0.342 e. The van der Waals surface area contributed by atoms with Gasteiger partial charge in [-0.25, -0.2) is 4.79 Å². The Morgan fingerprint density at radius 1 is 1.04 bits per heavy atom. The topological polar surface area (TPSA) is 71.1 Å². The highest BCUT2D eigenvalue weighted by Gasteiger charge is 2.18. The quantitative estimate of drug-likeness (QED) is 0.594. The lowest BCUT2D eigenvalue weighted by atomic mass is 10.1. The molecule has 0 atom stereocenters. The molecule has 0 fully saturated rings. The molecule has 6 heteroatoms. The van der Waals surface area contributed by atoms with Crippen molar-refractivity contribution >= 4 is 11.8 Å². The molecule has 0 aromatic heterocycles. The van der Waals surface area contributed by atoms with Gasteiger partial charge in [-0.15, -0.1) is 0 Å². The summed E-state index contributed by atoms with van der Waals surface area (Å²) in [5.41, 5.74) is 0.689. The molecule has 25 heavy (non-hydrogen) atoms. The van der Waals surface area contributed by atoms with Gasteiger partial charge in [0.05, 0.1) is 6.61 Å². The van der Waals surface area contributed by atoms with Crippen molar-refractivity contribution in [3.8, 4) is 17.2 Å². The van der Waals surface area contributed by atoms with Crippen LogP contribution in [0.25, 0.3) is 0 Å². The SMILES string of the molecule is CCOc1ccccc1C(=O)OCC(=O)c1ccc2c(c1)OCCO2. The second-order valence-electron chi connectivity index (χ2n) is 5.29. The lowest BCUT2D eigenvalue weighted by Crippen LogP contribution is -2.17. The Morgan fingerprint density at radius 3 is 2.60 bits per heavy atom. The molecule has 2 aromatic carbocycles. The van der Waals surface area contributed by atoms with E-state index in [1.807, 2.05) is 6.92 Å². The molecule has 3 rings (SSSR count). The van der Waals surface area contributed by atoms with Gasteiger partial charge in [-0.3, -0.25) is 4.79 Å². The van der Waals surface area contributed by atoms with E-state index in [-0.39, 0.29) is 12.4 Å². The molecule has 0 saturated carbocycles. The van der Waals surface area contributed by atoms with Crippen molar-refractivity contribution in [1.82, 2.24) is 0 Å². The average Bonchev–Trinajstić information content (AvgIpc) is 2.66. The number of fused-ring (bicyclic) bond motifs is 1. The largest absolute Gasteiger partial charge is 0.493 e. The van der Waals surface area contributed by atoms with Crippen molar-refractivity contribution in [2.24, 2.45) is 0 Å². The molecule has 0 saturated heterocycles. The number of carbonyl (C=O) groups excluding carboxylic acids is 2. The number of rotatable bonds is 6. The van der Waals surface area contributed by atoms with Gasteiger partial charge in [0.2, 0.25) is 0 Å². The van der Waals surface area contributed by atoms with Gasteiger partial charge in [0.25, 0.3) is 0 Å². The monoisotopic (exact) mass is 342 g/mol. The Kier molecular flexibility index (Phi) is 5.18. The van der Waals surface area contributed by atoms with Gasteiger partial charge >= 0.3 is 5.97 Å². The third-order valence-electron chi connectivity index (χ3n) is 3.61. The first-order valence-corrected chi connectivity index (χ1v) is 8.01. The van der Waals surface area contributed by atoms with E-state index < -0.39 is 5.97 Å². The predicted octanol–water partition coefficient (Wildman–Crippen LogP) is 2.90. The molecule has 0 spiro atoms. The van der Waals surface area contributed by atoms with Crippen LogP contribution in [0.3, 0.4) is 0 Å². The van der Waals surface area contributed by atoms with E-state index in [1.54, 1.807) is 42.5 Å². The number of benzene rings is 2. The molecule has 0 unspecified atom stereocenters. The molecule has 2 aromatic rings. The van der Waals surface area contributed by atoms with E-state index in [0.29, 0.717) is 48.2 Å². The van der Waals surface area contributed by atoms with Crippen molar-refractivity contribution in [3.05, 3.63) is 53.6 Å². The lowest BCUT2D eigenvalue weighted by Gasteiger charge is -2.18. The molecule has 0 aliphatic carbocycles. The number of carbonyl (C=O) groups is 2. The summed E-state index contributed by atoms with van der Waals surface area (Å²) in [5.74, 6) is 0.631. The van der Waals surface area contributed by atoms with Crippen LogP contribution in [-0.2, 0) is 4.74 Å². The van der Waals surface area contributed by atoms with Crippen LogP contribution in [0.1, 0.15) is 27.6 Å². The van der Waals surface area contributed by atoms with Gasteiger partial charge in [-0.2, -0.15) is 0 Å². The van der Waals surface area contributed by atoms with Gasteiger partial charge in [-0.05, 0) is 37.3 Å². The summed E-state index contributed by atoms with van der Waals surface area (Å²) in [7, 11) is 0. The summed E-state index contributed by atoms with van der Waals surface area (Å²) in [6, 6.07) is 11.7.